The van der Waals surface area contributed by atoms with Crippen LogP contribution in [0.4, 0.5) is 0 Å². The van der Waals surface area contributed by atoms with Crippen molar-refractivity contribution in [1.29, 1.82) is 0 Å². The molecule has 0 aromatic carbocycles. The first-order valence-corrected chi connectivity index (χ1v) is 5.62. The Morgan fingerprint density at radius 1 is 1.31 bits per heavy atom. The Bertz CT molecular complexity index is 113. The Labute approximate surface area is 83.9 Å². The monoisotopic (exact) mass is 186 g/mol. The third-order valence-corrected chi connectivity index (χ3v) is 2.48. The van der Waals surface area contributed by atoms with Crippen molar-refractivity contribution < 1.29 is 0 Å². The Kier molecular flexibility index (Phi) is 7.29. The minimum Gasteiger partial charge on any atom is -0.308 e. The first kappa shape index (κ1) is 12.9. The summed E-state index contributed by atoms with van der Waals surface area (Å²) >= 11 is 0. The maximum absolute atomic E-state index is 2.58. The van der Waals surface area contributed by atoms with E-state index in [1.807, 2.05) is 13.8 Å². The van der Waals surface area contributed by atoms with Crippen molar-refractivity contribution in [3.05, 3.63) is 0 Å². The highest BCUT2D eigenvalue weighted by atomic mass is 15.2. The zero-order valence-corrected chi connectivity index (χ0v) is 10.0. The van der Waals surface area contributed by atoms with E-state index in [9.17, 15) is 0 Å². The minimum atomic E-state index is 0.829. The lowest BCUT2D eigenvalue weighted by Crippen LogP contribution is -2.37. The van der Waals surface area contributed by atoms with Gasteiger partial charge in [0, 0.05) is 12.6 Å². The summed E-state index contributed by atoms with van der Waals surface area (Å²) in [6.45, 7) is 10.0. The highest BCUT2D eigenvalue weighted by Gasteiger charge is 2.22. The molecular formula is C11H26N2. The van der Waals surface area contributed by atoms with Crippen LogP contribution in [0, 0.1) is 0 Å². The van der Waals surface area contributed by atoms with Gasteiger partial charge in [0.25, 0.3) is 0 Å². The molecule has 0 aromatic heterocycles. The van der Waals surface area contributed by atoms with Crippen LogP contribution in [0.1, 0.15) is 33.6 Å². The Morgan fingerprint density at radius 3 is 2.38 bits per heavy atom. The summed E-state index contributed by atoms with van der Waals surface area (Å²) in [6, 6.07) is 0.829. The summed E-state index contributed by atoms with van der Waals surface area (Å²) in [4.78, 5) is 4.87. The van der Waals surface area contributed by atoms with E-state index in [4.69, 9.17) is 0 Å². The first-order valence-electron chi connectivity index (χ1n) is 5.62. The van der Waals surface area contributed by atoms with Crippen molar-refractivity contribution in [1.82, 2.24) is 9.80 Å². The molecule has 0 N–H and O–H groups in total. The summed E-state index contributed by atoms with van der Waals surface area (Å²) in [7, 11) is 4.32. The van der Waals surface area contributed by atoms with E-state index in [2.05, 4.69) is 30.8 Å². The van der Waals surface area contributed by atoms with Gasteiger partial charge in [-0.3, -0.25) is 4.90 Å². The maximum Gasteiger partial charge on any atom is 0.0223 e. The molecule has 1 unspecified atom stereocenters. The third-order valence-electron chi connectivity index (χ3n) is 2.48. The fraction of sp³-hybridized carbons (Fsp3) is 1.00. The minimum absolute atomic E-state index is 0.829. The van der Waals surface area contributed by atoms with Crippen LogP contribution in [-0.4, -0.2) is 49.6 Å². The van der Waals surface area contributed by atoms with Crippen LogP contribution in [-0.2, 0) is 0 Å². The van der Waals surface area contributed by atoms with Crippen molar-refractivity contribution >= 4 is 0 Å². The van der Waals surface area contributed by atoms with Gasteiger partial charge in [-0.25, -0.2) is 0 Å². The molecule has 0 bridgehead atoms. The second kappa shape index (κ2) is 7.34. The molecule has 2 heteroatoms. The van der Waals surface area contributed by atoms with Crippen molar-refractivity contribution in [2.24, 2.45) is 0 Å². The second-order valence-corrected chi connectivity index (χ2v) is 3.69. The molecule has 1 aliphatic heterocycles. The average Bonchev–Trinajstić information content (AvgIpc) is 2.54. The van der Waals surface area contributed by atoms with E-state index in [1.54, 1.807) is 0 Å². The average molecular weight is 186 g/mol. The van der Waals surface area contributed by atoms with Crippen LogP contribution < -0.4 is 0 Å². The smallest absolute Gasteiger partial charge is 0.0223 e. The van der Waals surface area contributed by atoms with Gasteiger partial charge in [-0.1, -0.05) is 20.8 Å². The number of likely N-dealkylation sites (N-methyl/N-ethyl adjacent to an activating group) is 2. The SMILES string of the molecule is CC.CCN1CCCC1CN(C)C. The van der Waals surface area contributed by atoms with Gasteiger partial charge >= 0.3 is 0 Å². The Hall–Kier alpha value is -0.0800. The molecule has 0 radical (unpaired) electrons. The van der Waals surface area contributed by atoms with Crippen LogP contribution in [0.5, 0.6) is 0 Å². The highest BCUT2D eigenvalue weighted by molar-refractivity contribution is 4.79. The van der Waals surface area contributed by atoms with Crippen LogP contribution in [0.15, 0.2) is 0 Å². The molecule has 0 spiro atoms. The molecule has 1 fully saturated rings. The summed E-state index contributed by atoms with van der Waals surface area (Å²) in [5, 5.41) is 0. The number of nitrogens with zero attached hydrogens (tertiary/aromatic N) is 2. The first-order chi connectivity index (χ1) is 6.24. The van der Waals surface area contributed by atoms with E-state index in [0.29, 0.717) is 0 Å². The van der Waals surface area contributed by atoms with E-state index in [1.165, 1.54) is 32.5 Å². The molecule has 0 amide bonds. The lowest BCUT2D eigenvalue weighted by Gasteiger charge is -2.25. The number of likely N-dealkylation sites (tertiary alicyclic amines) is 1. The molecule has 1 saturated heterocycles. The molecule has 0 saturated carbocycles. The summed E-state index contributed by atoms with van der Waals surface area (Å²) in [6.07, 6.45) is 2.79. The lowest BCUT2D eigenvalue weighted by atomic mass is 10.2. The van der Waals surface area contributed by atoms with Gasteiger partial charge in [-0.15, -0.1) is 0 Å². The number of hydrogen-bond donors (Lipinski definition) is 0. The molecular weight excluding hydrogens is 160 g/mol. The largest absolute Gasteiger partial charge is 0.308 e. The molecule has 0 aromatic rings. The van der Waals surface area contributed by atoms with Gasteiger partial charge in [0.2, 0.25) is 0 Å². The topological polar surface area (TPSA) is 6.48 Å². The normalized spacial score (nSPS) is 23.1. The fourth-order valence-electron chi connectivity index (χ4n) is 1.94. The zero-order valence-electron chi connectivity index (χ0n) is 10.0. The van der Waals surface area contributed by atoms with Gasteiger partial charge in [0.15, 0.2) is 0 Å². The standard InChI is InChI=1S/C9H20N2.C2H6/c1-4-11-7-5-6-9(11)8-10(2)3;1-2/h9H,4-8H2,1-3H3;1-2H3. The third kappa shape index (κ3) is 4.63. The highest BCUT2D eigenvalue weighted by Crippen LogP contribution is 2.16. The summed E-state index contributed by atoms with van der Waals surface area (Å²) in [5.41, 5.74) is 0. The van der Waals surface area contributed by atoms with Gasteiger partial charge < -0.3 is 4.90 Å². The van der Waals surface area contributed by atoms with Gasteiger partial charge in [0.1, 0.15) is 0 Å². The van der Waals surface area contributed by atoms with Crippen molar-refractivity contribution in [2.45, 2.75) is 39.7 Å². The van der Waals surface area contributed by atoms with E-state index >= 15 is 0 Å². The van der Waals surface area contributed by atoms with E-state index in [-0.39, 0.29) is 0 Å². The van der Waals surface area contributed by atoms with Gasteiger partial charge in [-0.05, 0) is 40.0 Å². The summed E-state index contributed by atoms with van der Waals surface area (Å²) in [5.74, 6) is 0. The second-order valence-electron chi connectivity index (χ2n) is 3.69. The van der Waals surface area contributed by atoms with E-state index in [0.717, 1.165) is 6.04 Å². The van der Waals surface area contributed by atoms with Crippen LogP contribution in [0.3, 0.4) is 0 Å². The van der Waals surface area contributed by atoms with E-state index < -0.39 is 0 Å². The van der Waals surface area contributed by atoms with Crippen molar-refractivity contribution in [3.8, 4) is 0 Å². The molecule has 0 aliphatic carbocycles. The Morgan fingerprint density at radius 2 is 1.92 bits per heavy atom. The van der Waals surface area contributed by atoms with Crippen LogP contribution in [0.2, 0.25) is 0 Å². The number of rotatable bonds is 3. The fourth-order valence-corrected chi connectivity index (χ4v) is 1.94. The van der Waals surface area contributed by atoms with Crippen LogP contribution in [0.25, 0.3) is 0 Å². The molecule has 1 aliphatic rings. The maximum atomic E-state index is 2.58. The quantitative estimate of drug-likeness (QED) is 0.665. The predicted molar refractivity (Wildman–Crippen MR) is 60.2 cm³/mol. The van der Waals surface area contributed by atoms with Gasteiger partial charge in [-0.2, -0.15) is 0 Å². The zero-order chi connectivity index (χ0) is 10.3. The van der Waals surface area contributed by atoms with Crippen molar-refractivity contribution in [2.75, 3.05) is 33.7 Å². The van der Waals surface area contributed by atoms with Crippen LogP contribution >= 0.6 is 0 Å². The molecule has 1 heterocycles. The number of hydrogen-bond acceptors (Lipinski definition) is 2. The molecule has 2 nitrogen and oxygen atoms in total. The Balaban J connectivity index is 0.000000671. The van der Waals surface area contributed by atoms with Crippen molar-refractivity contribution in [3.63, 3.8) is 0 Å². The van der Waals surface area contributed by atoms with Gasteiger partial charge in [0.05, 0.1) is 0 Å². The molecule has 1 atom stereocenters. The molecule has 80 valence electrons. The summed E-state index contributed by atoms with van der Waals surface area (Å²) < 4.78 is 0. The lowest BCUT2D eigenvalue weighted by molar-refractivity contribution is 0.216. The predicted octanol–water partition coefficient (Wildman–Crippen LogP) is 2.06. The molecule has 1 rings (SSSR count). The molecule has 13 heavy (non-hydrogen) atoms.